The molecule has 0 saturated carbocycles. The number of nitrogens with two attached hydrogens (primary N) is 1. The lowest BCUT2D eigenvalue weighted by Crippen LogP contribution is -2.40. The van der Waals surface area contributed by atoms with E-state index >= 15 is 0 Å². The van der Waals surface area contributed by atoms with Gasteiger partial charge in [-0.15, -0.1) is 0 Å². The van der Waals surface area contributed by atoms with Crippen molar-refractivity contribution in [3.63, 3.8) is 0 Å². The first kappa shape index (κ1) is 11.9. The lowest BCUT2D eigenvalue weighted by molar-refractivity contribution is 0.0347. The summed E-state index contributed by atoms with van der Waals surface area (Å²) < 4.78 is 5.27. The van der Waals surface area contributed by atoms with Gasteiger partial charge in [0.25, 0.3) is 5.91 Å². The Morgan fingerprint density at radius 3 is 2.82 bits per heavy atom. The van der Waals surface area contributed by atoms with Gasteiger partial charge in [0.15, 0.2) is 0 Å². The van der Waals surface area contributed by atoms with Crippen molar-refractivity contribution < 1.29 is 9.53 Å². The van der Waals surface area contributed by atoms with Gasteiger partial charge in [0.1, 0.15) is 5.69 Å². The number of hydrogen-bond acceptors (Lipinski definition) is 4. The summed E-state index contributed by atoms with van der Waals surface area (Å²) in [6.07, 6.45) is 3.59. The third kappa shape index (κ3) is 2.74. The first-order valence-corrected chi connectivity index (χ1v) is 5.74. The molecule has 5 nitrogen and oxygen atoms in total. The number of amides is 1. The molecule has 1 fully saturated rings. The maximum atomic E-state index is 12.1. The van der Waals surface area contributed by atoms with Crippen LogP contribution in [-0.4, -0.2) is 42.1 Å². The number of anilines is 1. The van der Waals surface area contributed by atoms with Crippen molar-refractivity contribution in [1.29, 1.82) is 0 Å². The van der Waals surface area contributed by atoms with E-state index in [0.717, 1.165) is 12.8 Å². The number of pyridine rings is 1. The molecule has 17 heavy (non-hydrogen) atoms. The summed E-state index contributed by atoms with van der Waals surface area (Å²) in [5.74, 6) is -0.0492. The highest BCUT2D eigenvalue weighted by molar-refractivity contribution is 5.93. The maximum Gasteiger partial charge on any atom is 0.272 e. The third-order valence-corrected chi connectivity index (χ3v) is 3.07. The highest BCUT2D eigenvalue weighted by Crippen LogP contribution is 2.15. The first-order chi connectivity index (χ1) is 8.20. The molecule has 5 heteroatoms. The number of rotatable bonds is 2. The van der Waals surface area contributed by atoms with E-state index in [1.807, 2.05) is 0 Å². The zero-order valence-electron chi connectivity index (χ0n) is 9.93. The molecule has 0 bridgehead atoms. The topological polar surface area (TPSA) is 68.5 Å². The molecule has 1 aliphatic heterocycles. The summed E-state index contributed by atoms with van der Waals surface area (Å²) in [5, 5.41) is 0. The smallest absolute Gasteiger partial charge is 0.272 e. The Morgan fingerprint density at radius 2 is 2.24 bits per heavy atom. The second-order valence-electron chi connectivity index (χ2n) is 4.20. The van der Waals surface area contributed by atoms with Crippen LogP contribution < -0.4 is 5.73 Å². The van der Waals surface area contributed by atoms with E-state index in [0.29, 0.717) is 24.5 Å². The van der Waals surface area contributed by atoms with Gasteiger partial charge in [-0.05, 0) is 25.0 Å². The Labute approximate surface area is 101 Å². The molecule has 0 radical (unpaired) electrons. The van der Waals surface area contributed by atoms with E-state index in [2.05, 4.69) is 4.98 Å². The number of carbonyl (C=O) groups is 1. The van der Waals surface area contributed by atoms with Gasteiger partial charge in [-0.25, -0.2) is 0 Å². The fraction of sp³-hybridized carbons (Fsp3) is 0.500. The van der Waals surface area contributed by atoms with Crippen molar-refractivity contribution in [2.24, 2.45) is 0 Å². The number of aromatic nitrogens is 1. The average Bonchev–Trinajstić information content (AvgIpc) is 2.38. The normalized spacial score (nSPS) is 17.1. The number of ether oxygens (including phenoxy) is 1. The molecule has 1 saturated heterocycles. The van der Waals surface area contributed by atoms with Crippen LogP contribution >= 0.6 is 0 Å². The Morgan fingerprint density at radius 1 is 1.53 bits per heavy atom. The zero-order valence-corrected chi connectivity index (χ0v) is 9.93. The Bertz CT molecular complexity index is 400. The highest BCUT2D eigenvalue weighted by atomic mass is 16.5. The molecule has 2 rings (SSSR count). The summed E-state index contributed by atoms with van der Waals surface area (Å²) >= 11 is 0. The van der Waals surface area contributed by atoms with Crippen LogP contribution in [0.2, 0.25) is 0 Å². The van der Waals surface area contributed by atoms with Crippen molar-refractivity contribution in [3.8, 4) is 0 Å². The van der Waals surface area contributed by atoms with E-state index in [1.54, 1.807) is 30.3 Å². The van der Waals surface area contributed by atoms with Crippen LogP contribution in [0.15, 0.2) is 18.3 Å². The number of nitrogens with zero attached hydrogens (tertiary/aromatic N) is 2. The van der Waals surface area contributed by atoms with Crippen LogP contribution in [0.25, 0.3) is 0 Å². The molecule has 0 unspecified atom stereocenters. The van der Waals surface area contributed by atoms with Crippen LogP contribution in [0, 0.1) is 0 Å². The summed E-state index contributed by atoms with van der Waals surface area (Å²) in [6.45, 7) is 1.43. The second kappa shape index (κ2) is 5.14. The SMILES string of the molecule is COC1CCN(C(=O)c2cc(N)ccn2)CC1. The van der Waals surface area contributed by atoms with E-state index in [4.69, 9.17) is 10.5 Å². The third-order valence-electron chi connectivity index (χ3n) is 3.07. The largest absolute Gasteiger partial charge is 0.399 e. The van der Waals surface area contributed by atoms with Crippen molar-refractivity contribution in [3.05, 3.63) is 24.0 Å². The maximum absolute atomic E-state index is 12.1. The Kier molecular flexibility index (Phi) is 3.58. The zero-order chi connectivity index (χ0) is 12.3. The fourth-order valence-electron chi connectivity index (χ4n) is 2.02. The Hall–Kier alpha value is -1.62. The van der Waals surface area contributed by atoms with E-state index in [1.165, 1.54) is 0 Å². The molecular weight excluding hydrogens is 218 g/mol. The van der Waals surface area contributed by atoms with Gasteiger partial charge in [0.05, 0.1) is 6.10 Å². The van der Waals surface area contributed by atoms with Crippen molar-refractivity contribution in [2.75, 3.05) is 25.9 Å². The van der Waals surface area contributed by atoms with Gasteiger partial charge in [0, 0.05) is 32.1 Å². The number of carbonyl (C=O) groups excluding carboxylic acids is 1. The number of methoxy groups -OCH3 is 1. The van der Waals surface area contributed by atoms with Gasteiger partial charge in [0.2, 0.25) is 0 Å². The van der Waals surface area contributed by atoms with Gasteiger partial charge in [-0.1, -0.05) is 0 Å². The van der Waals surface area contributed by atoms with Crippen molar-refractivity contribution in [2.45, 2.75) is 18.9 Å². The molecular formula is C12H17N3O2. The molecule has 1 aromatic heterocycles. The summed E-state index contributed by atoms with van der Waals surface area (Å²) in [5.41, 5.74) is 6.62. The second-order valence-corrected chi connectivity index (χ2v) is 4.20. The molecule has 92 valence electrons. The van der Waals surface area contributed by atoms with Crippen LogP contribution in [0.3, 0.4) is 0 Å². The monoisotopic (exact) mass is 235 g/mol. The predicted octanol–water partition coefficient (Wildman–Crippen LogP) is 0.915. The van der Waals surface area contributed by atoms with Gasteiger partial charge < -0.3 is 15.4 Å². The van der Waals surface area contributed by atoms with Crippen molar-refractivity contribution >= 4 is 11.6 Å². The van der Waals surface area contributed by atoms with E-state index in [-0.39, 0.29) is 12.0 Å². The van der Waals surface area contributed by atoms with E-state index < -0.39 is 0 Å². The van der Waals surface area contributed by atoms with Crippen LogP contribution in [0.5, 0.6) is 0 Å². The van der Waals surface area contributed by atoms with E-state index in [9.17, 15) is 4.79 Å². The molecule has 0 atom stereocenters. The molecule has 2 N–H and O–H groups in total. The fourth-order valence-corrected chi connectivity index (χ4v) is 2.02. The number of piperidine rings is 1. The summed E-state index contributed by atoms with van der Waals surface area (Å²) in [7, 11) is 1.71. The van der Waals surface area contributed by atoms with Crippen LogP contribution in [-0.2, 0) is 4.74 Å². The minimum Gasteiger partial charge on any atom is -0.399 e. The highest BCUT2D eigenvalue weighted by Gasteiger charge is 2.23. The minimum atomic E-state index is -0.0492. The van der Waals surface area contributed by atoms with Gasteiger partial charge in [-0.2, -0.15) is 0 Å². The molecule has 0 aliphatic carbocycles. The predicted molar refractivity (Wildman–Crippen MR) is 64.6 cm³/mol. The van der Waals surface area contributed by atoms with Crippen LogP contribution in [0.1, 0.15) is 23.3 Å². The lowest BCUT2D eigenvalue weighted by atomic mass is 10.1. The average molecular weight is 235 g/mol. The molecule has 2 heterocycles. The van der Waals surface area contributed by atoms with Gasteiger partial charge >= 0.3 is 0 Å². The molecule has 1 amide bonds. The van der Waals surface area contributed by atoms with Crippen LogP contribution in [0.4, 0.5) is 5.69 Å². The summed E-state index contributed by atoms with van der Waals surface area (Å²) in [6, 6.07) is 3.29. The number of likely N-dealkylation sites (tertiary alicyclic amines) is 1. The number of nitrogen functional groups attached to an aromatic ring is 1. The lowest BCUT2D eigenvalue weighted by Gasteiger charge is -2.31. The number of hydrogen-bond donors (Lipinski definition) is 1. The standard InChI is InChI=1S/C12H17N3O2/c1-17-10-3-6-15(7-4-10)12(16)11-8-9(13)2-5-14-11/h2,5,8,10H,3-4,6-7H2,1H3,(H2,13,14). The molecule has 0 spiro atoms. The molecule has 1 aliphatic rings. The quantitative estimate of drug-likeness (QED) is 0.827. The summed E-state index contributed by atoms with van der Waals surface area (Å²) in [4.78, 5) is 18.0. The minimum absolute atomic E-state index is 0.0492. The van der Waals surface area contributed by atoms with Gasteiger partial charge in [-0.3, -0.25) is 9.78 Å². The first-order valence-electron chi connectivity index (χ1n) is 5.74. The molecule has 1 aromatic rings. The van der Waals surface area contributed by atoms with Crippen molar-refractivity contribution in [1.82, 2.24) is 9.88 Å². The Balaban J connectivity index is 2.02. The molecule has 0 aromatic carbocycles.